The Hall–Kier alpha value is -2.78. The number of H-pyrrole nitrogens is 1. The van der Waals surface area contributed by atoms with Gasteiger partial charge in [0.25, 0.3) is 5.56 Å². The lowest BCUT2D eigenvalue weighted by atomic mass is 9.99. The lowest BCUT2D eigenvalue weighted by Gasteiger charge is -2.13. The Bertz CT molecular complexity index is 1360. The van der Waals surface area contributed by atoms with Gasteiger partial charge in [0.2, 0.25) is 0 Å². The molecule has 0 radical (unpaired) electrons. The van der Waals surface area contributed by atoms with Crippen molar-refractivity contribution in [2.24, 2.45) is 0 Å². The van der Waals surface area contributed by atoms with Gasteiger partial charge in [-0.2, -0.15) is 9.78 Å². The number of aliphatic hydroxyl groups is 1. The predicted octanol–water partition coefficient (Wildman–Crippen LogP) is 4.06. The number of rotatable bonds is 5. The van der Waals surface area contributed by atoms with E-state index < -0.39 is 17.4 Å². The van der Waals surface area contributed by atoms with Crippen molar-refractivity contribution in [1.82, 2.24) is 19.7 Å². The zero-order valence-corrected chi connectivity index (χ0v) is 19.4. The summed E-state index contributed by atoms with van der Waals surface area (Å²) in [6, 6.07) is 14.2. The Kier molecular flexibility index (Phi) is 6.57. The molecule has 0 saturated heterocycles. The first-order valence-electron chi connectivity index (χ1n) is 9.37. The number of nitrogens with one attached hydrogen (secondary N) is 1. The highest BCUT2D eigenvalue weighted by molar-refractivity contribution is 9.10. The third-order valence-corrected chi connectivity index (χ3v) is 6.09. The van der Waals surface area contributed by atoms with E-state index in [9.17, 15) is 14.7 Å². The second-order valence-electron chi connectivity index (χ2n) is 6.97. The molecule has 4 rings (SSSR count). The van der Waals surface area contributed by atoms with Crippen LogP contribution in [0.25, 0.3) is 5.69 Å². The van der Waals surface area contributed by atoms with Crippen LogP contribution in [0.2, 0.25) is 10.2 Å². The maximum Gasteiger partial charge on any atom is 0.349 e. The first-order chi connectivity index (χ1) is 15.3. The van der Waals surface area contributed by atoms with Crippen LogP contribution in [0.3, 0.4) is 0 Å². The van der Waals surface area contributed by atoms with E-state index in [-0.39, 0.29) is 0 Å². The van der Waals surface area contributed by atoms with E-state index in [2.05, 4.69) is 31.0 Å². The summed E-state index contributed by atoms with van der Waals surface area (Å²) in [5.74, 6) is 0. The van der Waals surface area contributed by atoms with Crippen molar-refractivity contribution in [3.05, 3.63) is 119 Å². The molecule has 1 unspecified atom stereocenters. The van der Waals surface area contributed by atoms with Crippen molar-refractivity contribution < 1.29 is 5.11 Å². The Morgan fingerprint density at radius 3 is 2.38 bits per heavy atom. The van der Waals surface area contributed by atoms with Crippen LogP contribution < -0.4 is 11.2 Å². The number of nitrogens with zero attached hydrogens (tertiary/aromatic N) is 3. The second-order valence-corrected chi connectivity index (χ2v) is 8.62. The molecule has 162 valence electrons. The summed E-state index contributed by atoms with van der Waals surface area (Å²) in [5.41, 5.74) is 2.36. The zero-order valence-electron chi connectivity index (χ0n) is 16.3. The molecule has 2 aromatic heterocycles. The molecular formula is C22H15BrCl2N4O3. The van der Waals surface area contributed by atoms with Gasteiger partial charge >= 0.3 is 5.69 Å². The minimum atomic E-state index is -0.813. The molecule has 2 heterocycles. The lowest BCUT2D eigenvalue weighted by Crippen LogP contribution is -2.30. The Morgan fingerprint density at radius 2 is 1.75 bits per heavy atom. The highest BCUT2D eigenvalue weighted by Crippen LogP contribution is 2.31. The SMILES string of the molecule is O=c1cnn(-c2cc(Cl)c(Cc3ccc(C(O)c4ccc(Cl)nc4)cc3)c(Br)c2)c(=O)[nH]1. The molecule has 4 aromatic rings. The molecule has 0 aliphatic carbocycles. The molecule has 0 saturated carbocycles. The lowest BCUT2D eigenvalue weighted by molar-refractivity contribution is 0.220. The number of aromatic amines is 1. The first kappa shape index (κ1) is 22.4. The largest absolute Gasteiger partial charge is 0.384 e. The predicted molar refractivity (Wildman–Crippen MR) is 126 cm³/mol. The van der Waals surface area contributed by atoms with E-state index >= 15 is 0 Å². The number of hydrogen-bond acceptors (Lipinski definition) is 5. The van der Waals surface area contributed by atoms with Gasteiger partial charge in [-0.3, -0.25) is 9.78 Å². The van der Waals surface area contributed by atoms with Crippen LogP contribution in [0.5, 0.6) is 0 Å². The number of aromatic nitrogens is 4. The fourth-order valence-corrected chi connectivity index (χ4v) is 4.28. The fourth-order valence-electron chi connectivity index (χ4n) is 3.18. The molecule has 7 nitrogen and oxygen atoms in total. The summed E-state index contributed by atoms with van der Waals surface area (Å²) in [5, 5.41) is 15.2. The van der Waals surface area contributed by atoms with Crippen molar-refractivity contribution in [2.45, 2.75) is 12.5 Å². The van der Waals surface area contributed by atoms with E-state index in [0.29, 0.717) is 32.3 Å². The summed E-state index contributed by atoms with van der Waals surface area (Å²) < 4.78 is 1.75. The van der Waals surface area contributed by atoms with Gasteiger partial charge in [0.05, 0.1) is 5.69 Å². The molecular weight excluding hydrogens is 519 g/mol. The van der Waals surface area contributed by atoms with E-state index in [0.717, 1.165) is 27.6 Å². The summed E-state index contributed by atoms with van der Waals surface area (Å²) in [4.78, 5) is 29.4. The standard InChI is InChI=1S/C22H15BrCl2N4O3/c23-17-8-15(29-22(32)28-20(30)11-27-29)9-18(24)16(17)7-12-1-3-13(4-2-12)21(31)14-5-6-19(25)26-10-14/h1-6,8-11,21,31H,7H2,(H,28,30,32). The second kappa shape index (κ2) is 9.38. The highest BCUT2D eigenvalue weighted by Gasteiger charge is 2.14. The molecule has 0 aliphatic rings. The third-order valence-electron chi connectivity index (χ3n) is 4.83. The van der Waals surface area contributed by atoms with Crippen LogP contribution in [0.1, 0.15) is 28.4 Å². The fraction of sp³-hybridized carbons (Fsp3) is 0.0909. The molecule has 32 heavy (non-hydrogen) atoms. The molecule has 2 N–H and O–H groups in total. The normalized spacial score (nSPS) is 12.0. The first-order valence-corrected chi connectivity index (χ1v) is 10.9. The van der Waals surface area contributed by atoms with Crippen LogP contribution in [0, 0.1) is 0 Å². The van der Waals surface area contributed by atoms with Gasteiger partial charge in [0, 0.05) is 27.7 Å². The van der Waals surface area contributed by atoms with Crippen LogP contribution >= 0.6 is 39.1 Å². The van der Waals surface area contributed by atoms with Gasteiger partial charge < -0.3 is 5.11 Å². The average molecular weight is 534 g/mol. The van der Waals surface area contributed by atoms with E-state index in [1.54, 1.807) is 30.5 Å². The number of aliphatic hydroxyl groups excluding tert-OH is 1. The van der Waals surface area contributed by atoms with Gasteiger partial charge in [-0.15, -0.1) is 0 Å². The maximum atomic E-state index is 12.0. The summed E-state index contributed by atoms with van der Waals surface area (Å²) >= 11 is 15.8. The van der Waals surface area contributed by atoms with Crippen molar-refractivity contribution in [3.63, 3.8) is 0 Å². The minimum Gasteiger partial charge on any atom is -0.384 e. The molecule has 0 aliphatic heterocycles. The van der Waals surface area contributed by atoms with Gasteiger partial charge in [-0.05, 0) is 34.9 Å². The summed E-state index contributed by atoms with van der Waals surface area (Å²) in [6.07, 6.45) is 2.27. The number of halogens is 3. The average Bonchev–Trinajstić information content (AvgIpc) is 2.76. The highest BCUT2D eigenvalue weighted by atomic mass is 79.9. The topological polar surface area (TPSA) is 101 Å². The van der Waals surface area contributed by atoms with Crippen LogP contribution in [0.4, 0.5) is 0 Å². The van der Waals surface area contributed by atoms with Gasteiger partial charge in [0.15, 0.2) is 0 Å². The van der Waals surface area contributed by atoms with Crippen molar-refractivity contribution in [1.29, 1.82) is 0 Å². The maximum absolute atomic E-state index is 12.0. The van der Waals surface area contributed by atoms with E-state index in [4.69, 9.17) is 23.2 Å². The Labute approximate surface area is 200 Å². The van der Waals surface area contributed by atoms with Gasteiger partial charge in [-0.25, -0.2) is 9.78 Å². The van der Waals surface area contributed by atoms with Crippen molar-refractivity contribution in [3.8, 4) is 5.69 Å². The van der Waals surface area contributed by atoms with Crippen LogP contribution in [0.15, 0.2) is 75.0 Å². The zero-order chi connectivity index (χ0) is 22.8. The van der Waals surface area contributed by atoms with Crippen molar-refractivity contribution >= 4 is 39.1 Å². The van der Waals surface area contributed by atoms with Crippen molar-refractivity contribution in [2.75, 3.05) is 0 Å². The Balaban J connectivity index is 1.57. The quantitative estimate of drug-likeness (QED) is 0.377. The molecule has 0 spiro atoms. The monoisotopic (exact) mass is 532 g/mol. The number of pyridine rings is 1. The Morgan fingerprint density at radius 1 is 1.03 bits per heavy atom. The number of benzene rings is 2. The molecule has 0 bridgehead atoms. The molecule has 1 atom stereocenters. The van der Waals surface area contributed by atoms with Crippen LogP contribution in [-0.4, -0.2) is 24.9 Å². The smallest absolute Gasteiger partial charge is 0.349 e. The van der Waals surface area contributed by atoms with E-state index in [1.165, 1.54) is 0 Å². The van der Waals surface area contributed by atoms with Crippen LogP contribution in [-0.2, 0) is 6.42 Å². The molecule has 0 amide bonds. The summed E-state index contributed by atoms with van der Waals surface area (Å²) in [6.45, 7) is 0. The summed E-state index contributed by atoms with van der Waals surface area (Å²) in [7, 11) is 0. The molecule has 2 aromatic carbocycles. The third kappa shape index (κ3) is 4.83. The van der Waals surface area contributed by atoms with Gasteiger partial charge in [-0.1, -0.05) is 69.5 Å². The number of hydrogen-bond donors (Lipinski definition) is 2. The van der Waals surface area contributed by atoms with E-state index in [1.807, 2.05) is 24.3 Å². The van der Waals surface area contributed by atoms with Gasteiger partial charge in [0.1, 0.15) is 17.5 Å². The molecule has 10 heteroatoms. The minimum absolute atomic E-state index is 0.367. The molecule has 0 fully saturated rings.